The first-order valence-electron chi connectivity index (χ1n) is 10.3. The van der Waals surface area contributed by atoms with Gasteiger partial charge in [-0.1, -0.05) is 18.6 Å². The van der Waals surface area contributed by atoms with E-state index in [1.807, 2.05) is 4.68 Å². The van der Waals surface area contributed by atoms with Crippen molar-refractivity contribution >= 4 is 12.2 Å². The highest BCUT2D eigenvalue weighted by Crippen LogP contribution is 2.23. The topological polar surface area (TPSA) is 38.5 Å². The zero-order valence-corrected chi connectivity index (χ0v) is 17.6. The number of halogens is 3. The number of aromatic nitrogens is 3. The third kappa shape index (κ3) is 5.41. The van der Waals surface area contributed by atoms with Crippen molar-refractivity contribution in [2.75, 3.05) is 26.2 Å². The Labute approximate surface area is 178 Å². The van der Waals surface area contributed by atoms with Crippen LogP contribution in [0.25, 0.3) is 0 Å². The predicted octanol–water partition coefficient (Wildman–Crippen LogP) is 3.81. The number of aryl methyl sites for hydroxylation is 1. The summed E-state index contributed by atoms with van der Waals surface area (Å²) < 4.78 is 45.7. The molecule has 1 aromatic heterocycles. The second-order valence-electron chi connectivity index (χ2n) is 7.89. The summed E-state index contributed by atoms with van der Waals surface area (Å²) in [5.41, 5.74) is 0.970. The molecule has 10 heteroatoms. The molecule has 2 aliphatic heterocycles. The van der Waals surface area contributed by atoms with Gasteiger partial charge in [-0.05, 0) is 42.8 Å². The number of piperazine rings is 1. The Balaban J connectivity index is 1.28. The van der Waals surface area contributed by atoms with Crippen molar-refractivity contribution in [2.24, 2.45) is 0 Å². The van der Waals surface area contributed by atoms with Crippen LogP contribution in [0.4, 0.5) is 13.2 Å². The average Bonchev–Trinajstić information content (AvgIpc) is 2.86. The zero-order chi connectivity index (χ0) is 21.1. The highest BCUT2D eigenvalue weighted by atomic mass is 32.1. The van der Waals surface area contributed by atoms with Gasteiger partial charge in [0.1, 0.15) is 11.6 Å². The number of hydrogen-bond donors (Lipinski definition) is 0. The average molecular weight is 442 g/mol. The van der Waals surface area contributed by atoms with Gasteiger partial charge in [0.15, 0.2) is 4.77 Å². The van der Waals surface area contributed by atoms with E-state index < -0.39 is 6.36 Å². The Morgan fingerprint density at radius 3 is 2.33 bits per heavy atom. The zero-order valence-electron chi connectivity index (χ0n) is 16.8. The maximum atomic E-state index is 12.3. The number of ether oxygens (including phenoxy) is 1. The van der Waals surface area contributed by atoms with Gasteiger partial charge in [-0.15, -0.1) is 13.2 Å². The molecule has 1 saturated heterocycles. The van der Waals surface area contributed by atoms with Crippen molar-refractivity contribution in [3.05, 3.63) is 40.4 Å². The Morgan fingerprint density at radius 2 is 1.63 bits per heavy atom. The van der Waals surface area contributed by atoms with Crippen molar-refractivity contribution < 1.29 is 17.9 Å². The van der Waals surface area contributed by atoms with Gasteiger partial charge in [0.2, 0.25) is 0 Å². The number of hydrogen-bond acceptors (Lipinski definition) is 5. The molecule has 0 N–H and O–H groups in total. The van der Waals surface area contributed by atoms with Crippen molar-refractivity contribution in [1.82, 2.24) is 24.1 Å². The van der Waals surface area contributed by atoms with Gasteiger partial charge in [0.25, 0.3) is 0 Å². The minimum absolute atomic E-state index is 0.189. The van der Waals surface area contributed by atoms with Crippen LogP contribution in [0, 0.1) is 4.77 Å². The third-order valence-corrected chi connectivity index (χ3v) is 6.07. The maximum Gasteiger partial charge on any atom is 0.573 e. The highest BCUT2D eigenvalue weighted by Gasteiger charge is 2.31. The largest absolute Gasteiger partial charge is 0.573 e. The molecular formula is C20H26F3N5OS. The summed E-state index contributed by atoms with van der Waals surface area (Å²) in [6, 6.07) is 6.10. The molecule has 0 bridgehead atoms. The molecule has 0 spiro atoms. The lowest BCUT2D eigenvalue weighted by Gasteiger charge is -2.34. The molecule has 0 unspecified atom stereocenters. The molecule has 164 valence electrons. The second kappa shape index (κ2) is 9.07. The van der Waals surface area contributed by atoms with Gasteiger partial charge in [-0.2, -0.15) is 5.10 Å². The molecule has 1 fully saturated rings. The van der Waals surface area contributed by atoms with Gasteiger partial charge in [0.05, 0.1) is 6.67 Å². The molecule has 0 radical (unpaired) electrons. The van der Waals surface area contributed by atoms with E-state index in [0.29, 0.717) is 13.2 Å². The van der Waals surface area contributed by atoms with Crippen LogP contribution >= 0.6 is 12.2 Å². The van der Waals surface area contributed by atoms with Crippen molar-refractivity contribution in [3.8, 4) is 5.75 Å². The summed E-state index contributed by atoms with van der Waals surface area (Å²) in [6.45, 7) is 5.96. The fraction of sp³-hybridized carbons (Fsp3) is 0.600. The van der Waals surface area contributed by atoms with Gasteiger partial charge >= 0.3 is 6.36 Å². The van der Waals surface area contributed by atoms with Crippen LogP contribution in [-0.4, -0.2) is 56.7 Å². The fourth-order valence-electron chi connectivity index (χ4n) is 4.05. The number of fused-ring (bicyclic) bond motifs is 1. The first kappa shape index (κ1) is 21.3. The SMILES string of the molecule is FC(F)(F)Oc1ccc(CN2CCN(Cn3nc4n(c3=S)CCCCC4)CC2)cc1. The normalized spacial score (nSPS) is 18.8. The Hall–Kier alpha value is -1.91. The van der Waals surface area contributed by atoms with E-state index in [4.69, 9.17) is 17.3 Å². The smallest absolute Gasteiger partial charge is 0.406 e. The lowest BCUT2D eigenvalue weighted by atomic mass is 10.2. The summed E-state index contributed by atoms with van der Waals surface area (Å²) in [4.78, 5) is 4.65. The molecule has 0 amide bonds. The molecular weight excluding hydrogens is 415 g/mol. The summed E-state index contributed by atoms with van der Waals surface area (Å²) in [7, 11) is 0. The van der Waals surface area contributed by atoms with Gasteiger partial charge < -0.3 is 9.30 Å². The quantitative estimate of drug-likeness (QED) is 0.660. The maximum absolute atomic E-state index is 12.3. The fourth-order valence-corrected chi connectivity index (χ4v) is 4.35. The minimum Gasteiger partial charge on any atom is -0.406 e. The standard InChI is InChI=1S/C20H26F3N5OS/c21-20(22,23)29-17-7-5-16(6-8-17)14-25-10-12-26(13-11-25)15-28-19(30)27-9-3-1-2-4-18(27)24-28/h5-8H,1-4,9-15H2. The van der Waals surface area contributed by atoms with E-state index in [9.17, 15) is 13.2 Å². The van der Waals surface area contributed by atoms with E-state index in [2.05, 4.69) is 19.1 Å². The number of benzene rings is 1. The Kier molecular flexibility index (Phi) is 6.45. The Morgan fingerprint density at radius 1 is 0.933 bits per heavy atom. The van der Waals surface area contributed by atoms with Crippen LogP contribution in [0.5, 0.6) is 5.75 Å². The van der Waals surface area contributed by atoms with E-state index >= 15 is 0 Å². The van der Waals surface area contributed by atoms with Gasteiger partial charge in [-0.25, -0.2) is 4.68 Å². The number of rotatable bonds is 5. The van der Waals surface area contributed by atoms with E-state index in [0.717, 1.165) is 61.7 Å². The molecule has 1 aromatic carbocycles. The van der Waals surface area contributed by atoms with Crippen LogP contribution in [-0.2, 0) is 26.2 Å². The molecule has 6 nitrogen and oxygen atoms in total. The molecule has 0 saturated carbocycles. The molecule has 30 heavy (non-hydrogen) atoms. The first-order chi connectivity index (χ1) is 14.4. The minimum atomic E-state index is -4.66. The monoisotopic (exact) mass is 441 g/mol. The van der Waals surface area contributed by atoms with Crippen molar-refractivity contribution in [1.29, 1.82) is 0 Å². The van der Waals surface area contributed by atoms with Crippen LogP contribution in [0.3, 0.4) is 0 Å². The summed E-state index contributed by atoms with van der Waals surface area (Å²) >= 11 is 5.64. The van der Waals surface area contributed by atoms with Crippen LogP contribution in [0.2, 0.25) is 0 Å². The third-order valence-electron chi connectivity index (χ3n) is 5.64. The van der Waals surface area contributed by atoms with Gasteiger partial charge in [0, 0.05) is 45.7 Å². The Bertz CT molecular complexity index is 901. The lowest BCUT2D eigenvalue weighted by Crippen LogP contribution is -2.46. The molecule has 4 rings (SSSR count). The first-order valence-corrected chi connectivity index (χ1v) is 10.7. The summed E-state index contributed by atoms with van der Waals surface area (Å²) in [6.07, 6.45) is -0.0908. The molecule has 3 heterocycles. The molecule has 2 aliphatic rings. The van der Waals surface area contributed by atoms with Crippen LogP contribution in [0.1, 0.15) is 30.7 Å². The van der Waals surface area contributed by atoms with E-state index in [1.165, 1.54) is 25.0 Å². The lowest BCUT2D eigenvalue weighted by molar-refractivity contribution is -0.274. The predicted molar refractivity (Wildman–Crippen MR) is 109 cm³/mol. The summed E-state index contributed by atoms with van der Waals surface area (Å²) in [5, 5.41) is 4.75. The van der Waals surface area contributed by atoms with E-state index in [1.54, 1.807) is 12.1 Å². The highest BCUT2D eigenvalue weighted by molar-refractivity contribution is 7.71. The van der Waals surface area contributed by atoms with Crippen molar-refractivity contribution in [2.45, 2.75) is 51.8 Å². The van der Waals surface area contributed by atoms with Crippen molar-refractivity contribution in [3.63, 3.8) is 0 Å². The van der Waals surface area contributed by atoms with Crippen LogP contribution < -0.4 is 4.74 Å². The molecule has 2 aromatic rings. The van der Waals surface area contributed by atoms with E-state index in [-0.39, 0.29) is 5.75 Å². The molecule has 0 aliphatic carbocycles. The van der Waals surface area contributed by atoms with Gasteiger partial charge in [-0.3, -0.25) is 9.80 Å². The molecule has 0 atom stereocenters. The summed E-state index contributed by atoms with van der Waals surface area (Å²) in [5.74, 6) is 0.917. The number of nitrogens with zero attached hydrogens (tertiary/aromatic N) is 5. The number of alkyl halides is 3. The second-order valence-corrected chi connectivity index (χ2v) is 8.25. The van der Waals surface area contributed by atoms with Crippen LogP contribution in [0.15, 0.2) is 24.3 Å².